The lowest BCUT2D eigenvalue weighted by Gasteiger charge is -2.25. The molecule has 0 bridgehead atoms. The van der Waals surface area contributed by atoms with E-state index >= 15 is 0 Å². The first-order valence-electron chi connectivity index (χ1n) is 10.6. The van der Waals surface area contributed by atoms with E-state index in [1.807, 2.05) is 13.8 Å². The van der Waals surface area contributed by atoms with E-state index in [-0.39, 0.29) is 10.6 Å². The maximum atomic E-state index is 13.5. The molecule has 0 aromatic heterocycles. The standard InChI is InChI=1S/C25H27N3O5S/c1-4-33-21-13-11-20(12-14-21)17-26-27-25(29)18-28(23-16-19(2)10-15-24(23)32-3)34(30,31)22-8-6-5-7-9-22/h5-17H,4,18H2,1-3H3,(H,27,29)/b26-17-. The van der Waals surface area contributed by atoms with Gasteiger partial charge in [0.2, 0.25) is 0 Å². The number of nitrogens with zero attached hydrogens (tertiary/aromatic N) is 2. The second-order valence-electron chi connectivity index (χ2n) is 7.30. The maximum absolute atomic E-state index is 13.5. The lowest BCUT2D eigenvalue weighted by Crippen LogP contribution is -2.39. The van der Waals surface area contributed by atoms with Gasteiger partial charge in [-0.1, -0.05) is 24.3 Å². The fourth-order valence-corrected chi connectivity index (χ4v) is 4.62. The quantitative estimate of drug-likeness (QED) is 0.351. The van der Waals surface area contributed by atoms with Crippen LogP contribution in [-0.2, 0) is 14.8 Å². The van der Waals surface area contributed by atoms with E-state index < -0.39 is 22.5 Å². The minimum atomic E-state index is -4.06. The Bertz CT molecular complexity index is 1240. The van der Waals surface area contributed by atoms with E-state index in [1.165, 1.54) is 25.5 Å². The minimum Gasteiger partial charge on any atom is -0.495 e. The van der Waals surface area contributed by atoms with E-state index in [1.54, 1.807) is 60.7 Å². The molecule has 0 saturated carbocycles. The predicted octanol–water partition coefficient (Wildman–Crippen LogP) is 3.75. The van der Waals surface area contributed by atoms with E-state index in [0.29, 0.717) is 12.4 Å². The number of hydrazone groups is 1. The highest BCUT2D eigenvalue weighted by atomic mass is 32.2. The van der Waals surface area contributed by atoms with Crippen LogP contribution in [0.1, 0.15) is 18.1 Å². The van der Waals surface area contributed by atoms with Crippen LogP contribution in [0, 0.1) is 6.92 Å². The monoisotopic (exact) mass is 481 g/mol. The number of ether oxygens (including phenoxy) is 2. The summed E-state index contributed by atoms with van der Waals surface area (Å²) < 4.78 is 38.7. The van der Waals surface area contributed by atoms with E-state index in [4.69, 9.17) is 9.47 Å². The van der Waals surface area contributed by atoms with Crippen LogP contribution < -0.4 is 19.2 Å². The number of benzene rings is 3. The van der Waals surface area contributed by atoms with Crippen LogP contribution in [0.25, 0.3) is 0 Å². The Morgan fingerprint density at radius 1 is 1.06 bits per heavy atom. The minimum absolute atomic E-state index is 0.0595. The number of sulfonamides is 1. The summed E-state index contributed by atoms with van der Waals surface area (Å²) >= 11 is 0. The van der Waals surface area contributed by atoms with Crippen LogP contribution in [0.4, 0.5) is 5.69 Å². The molecule has 9 heteroatoms. The van der Waals surface area contributed by atoms with Gasteiger partial charge in [0.05, 0.1) is 30.5 Å². The lowest BCUT2D eigenvalue weighted by atomic mass is 10.2. The summed E-state index contributed by atoms with van der Waals surface area (Å²) in [5.74, 6) is 0.457. The van der Waals surface area contributed by atoms with Gasteiger partial charge in [0.25, 0.3) is 15.9 Å². The topological polar surface area (TPSA) is 97.3 Å². The molecule has 3 rings (SSSR count). The van der Waals surface area contributed by atoms with Crippen molar-refractivity contribution in [1.29, 1.82) is 0 Å². The molecule has 0 saturated heterocycles. The fraction of sp³-hybridized carbons (Fsp3) is 0.200. The third kappa shape index (κ3) is 6.14. The number of amides is 1. The van der Waals surface area contributed by atoms with Crippen molar-refractivity contribution in [3.05, 3.63) is 83.9 Å². The summed E-state index contributed by atoms with van der Waals surface area (Å²) in [6, 6.07) is 20.2. The average molecular weight is 482 g/mol. The molecule has 0 fully saturated rings. The van der Waals surface area contributed by atoms with Crippen molar-refractivity contribution in [2.75, 3.05) is 24.6 Å². The van der Waals surface area contributed by atoms with Crippen LogP contribution in [0.15, 0.2) is 82.8 Å². The highest BCUT2D eigenvalue weighted by Crippen LogP contribution is 2.33. The summed E-state index contributed by atoms with van der Waals surface area (Å²) in [4.78, 5) is 12.8. The van der Waals surface area contributed by atoms with Crippen molar-refractivity contribution in [2.45, 2.75) is 18.7 Å². The summed E-state index contributed by atoms with van der Waals surface area (Å²) in [6.07, 6.45) is 1.47. The Morgan fingerprint density at radius 3 is 2.41 bits per heavy atom. The third-order valence-corrected chi connectivity index (χ3v) is 6.59. The maximum Gasteiger partial charge on any atom is 0.264 e. The largest absolute Gasteiger partial charge is 0.495 e. The first-order valence-corrected chi connectivity index (χ1v) is 12.1. The molecule has 34 heavy (non-hydrogen) atoms. The zero-order chi connectivity index (χ0) is 24.6. The van der Waals surface area contributed by atoms with Gasteiger partial charge in [0.1, 0.15) is 18.0 Å². The molecular formula is C25H27N3O5S. The molecule has 0 spiro atoms. The number of hydrogen-bond acceptors (Lipinski definition) is 6. The van der Waals surface area contributed by atoms with Gasteiger partial charge in [-0.05, 0) is 73.5 Å². The molecular weight excluding hydrogens is 454 g/mol. The number of carbonyl (C=O) groups is 1. The number of methoxy groups -OCH3 is 1. The molecule has 0 atom stereocenters. The van der Waals surface area contributed by atoms with Crippen LogP contribution in [0.3, 0.4) is 0 Å². The number of anilines is 1. The first kappa shape index (κ1) is 24.8. The summed E-state index contributed by atoms with van der Waals surface area (Å²) in [5.41, 5.74) is 4.23. The van der Waals surface area contributed by atoms with Gasteiger partial charge >= 0.3 is 0 Å². The highest BCUT2D eigenvalue weighted by Gasteiger charge is 2.29. The Balaban J connectivity index is 1.84. The Kier molecular flexibility index (Phi) is 8.26. The third-order valence-electron chi connectivity index (χ3n) is 4.82. The number of nitrogens with one attached hydrogen (secondary N) is 1. The molecule has 0 aliphatic carbocycles. The van der Waals surface area contributed by atoms with Crippen molar-refractivity contribution in [2.24, 2.45) is 5.10 Å². The molecule has 1 amide bonds. The van der Waals surface area contributed by atoms with E-state index in [0.717, 1.165) is 21.2 Å². The SMILES string of the molecule is CCOc1ccc(/C=N\NC(=O)CN(c2cc(C)ccc2OC)S(=O)(=O)c2ccccc2)cc1. The number of aryl methyl sites for hydroxylation is 1. The van der Waals surface area contributed by atoms with Crippen molar-refractivity contribution in [1.82, 2.24) is 5.43 Å². The van der Waals surface area contributed by atoms with Gasteiger partial charge in [-0.2, -0.15) is 5.10 Å². The highest BCUT2D eigenvalue weighted by molar-refractivity contribution is 7.92. The van der Waals surface area contributed by atoms with Crippen molar-refractivity contribution < 1.29 is 22.7 Å². The summed E-state index contributed by atoms with van der Waals surface area (Å²) in [5, 5.41) is 3.96. The average Bonchev–Trinajstić information content (AvgIpc) is 2.84. The summed E-state index contributed by atoms with van der Waals surface area (Å²) in [6.45, 7) is 3.81. The molecule has 3 aromatic carbocycles. The zero-order valence-corrected chi connectivity index (χ0v) is 20.1. The fourth-order valence-electron chi connectivity index (χ4n) is 3.18. The van der Waals surface area contributed by atoms with Gasteiger partial charge in [-0.25, -0.2) is 13.8 Å². The van der Waals surface area contributed by atoms with Gasteiger partial charge < -0.3 is 9.47 Å². The van der Waals surface area contributed by atoms with Gasteiger partial charge in [-0.3, -0.25) is 9.10 Å². The van der Waals surface area contributed by atoms with Crippen molar-refractivity contribution in [3.63, 3.8) is 0 Å². The molecule has 0 aliphatic rings. The van der Waals surface area contributed by atoms with Gasteiger partial charge in [0.15, 0.2) is 0 Å². The molecule has 0 aliphatic heterocycles. The van der Waals surface area contributed by atoms with Crippen LogP contribution in [0.5, 0.6) is 11.5 Å². The second kappa shape index (κ2) is 11.3. The Labute approximate surface area is 199 Å². The smallest absolute Gasteiger partial charge is 0.264 e. The molecule has 1 N–H and O–H groups in total. The molecule has 0 unspecified atom stereocenters. The molecule has 178 valence electrons. The van der Waals surface area contributed by atoms with Crippen LogP contribution >= 0.6 is 0 Å². The molecule has 8 nitrogen and oxygen atoms in total. The van der Waals surface area contributed by atoms with E-state index in [2.05, 4.69) is 10.5 Å². The molecule has 0 heterocycles. The normalized spacial score (nSPS) is 11.3. The number of rotatable bonds is 10. The lowest BCUT2D eigenvalue weighted by molar-refractivity contribution is -0.119. The van der Waals surface area contributed by atoms with Gasteiger partial charge in [-0.15, -0.1) is 0 Å². The summed E-state index contributed by atoms with van der Waals surface area (Å²) in [7, 11) is -2.61. The molecule has 0 radical (unpaired) electrons. The van der Waals surface area contributed by atoms with Crippen molar-refractivity contribution in [3.8, 4) is 11.5 Å². The van der Waals surface area contributed by atoms with Crippen LogP contribution in [0.2, 0.25) is 0 Å². The van der Waals surface area contributed by atoms with E-state index in [9.17, 15) is 13.2 Å². The number of carbonyl (C=O) groups excluding carboxylic acids is 1. The van der Waals surface area contributed by atoms with Crippen molar-refractivity contribution >= 4 is 27.8 Å². The Morgan fingerprint density at radius 2 is 1.76 bits per heavy atom. The first-order chi connectivity index (χ1) is 16.3. The predicted molar refractivity (Wildman–Crippen MR) is 132 cm³/mol. The number of hydrogen-bond donors (Lipinski definition) is 1. The van der Waals surface area contributed by atoms with Crippen LogP contribution in [-0.4, -0.2) is 40.8 Å². The second-order valence-corrected chi connectivity index (χ2v) is 9.16. The zero-order valence-electron chi connectivity index (χ0n) is 19.3. The molecule has 3 aromatic rings. The van der Waals surface area contributed by atoms with Gasteiger partial charge in [0, 0.05) is 0 Å². The Hall–Kier alpha value is -3.85.